The molecule has 1 heterocycles. The zero-order chi connectivity index (χ0) is 16.9. The summed E-state index contributed by atoms with van der Waals surface area (Å²) in [4.78, 5) is 15.0. The van der Waals surface area contributed by atoms with Crippen LogP contribution in [0.5, 0.6) is 0 Å². The largest absolute Gasteiger partial charge is 0.326 e. The highest BCUT2D eigenvalue weighted by Crippen LogP contribution is 2.21. The van der Waals surface area contributed by atoms with Gasteiger partial charge in [0.2, 0.25) is 5.91 Å². The van der Waals surface area contributed by atoms with Gasteiger partial charge in [-0.1, -0.05) is 36.4 Å². The first-order chi connectivity index (χ1) is 11.6. The van der Waals surface area contributed by atoms with E-state index in [1.165, 1.54) is 16.7 Å². The second-order valence-electron chi connectivity index (χ2n) is 6.93. The minimum absolute atomic E-state index is 0.0725. The van der Waals surface area contributed by atoms with Gasteiger partial charge in [0.25, 0.3) is 0 Å². The summed E-state index contributed by atoms with van der Waals surface area (Å²) in [5.41, 5.74) is 4.59. The molecule has 3 heteroatoms. The Morgan fingerprint density at radius 2 is 1.83 bits per heavy atom. The molecular weight excluding hydrogens is 296 g/mol. The van der Waals surface area contributed by atoms with Gasteiger partial charge in [0, 0.05) is 18.8 Å². The lowest BCUT2D eigenvalue weighted by molar-refractivity contribution is -0.121. The Labute approximate surface area is 144 Å². The molecule has 24 heavy (non-hydrogen) atoms. The van der Waals surface area contributed by atoms with Crippen LogP contribution in [0, 0.1) is 19.8 Å². The number of hydrogen-bond acceptors (Lipinski definition) is 2. The molecular formula is C21H26N2O. The van der Waals surface area contributed by atoms with E-state index >= 15 is 0 Å². The molecule has 2 aromatic rings. The molecule has 1 atom stereocenters. The molecule has 1 fully saturated rings. The van der Waals surface area contributed by atoms with E-state index in [2.05, 4.69) is 54.4 Å². The summed E-state index contributed by atoms with van der Waals surface area (Å²) < 4.78 is 0. The summed E-state index contributed by atoms with van der Waals surface area (Å²) in [5, 5.41) is 3.11. The van der Waals surface area contributed by atoms with Crippen LogP contribution >= 0.6 is 0 Å². The third kappa shape index (κ3) is 4.45. The first-order valence-corrected chi connectivity index (χ1v) is 8.75. The second kappa shape index (κ2) is 7.63. The number of carbonyl (C=O) groups is 1. The van der Waals surface area contributed by atoms with Gasteiger partial charge in [-0.05, 0) is 62.1 Å². The first-order valence-electron chi connectivity index (χ1n) is 8.75. The number of hydrogen-bond donors (Lipinski definition) is 1. The van der Waals surface area contributed by atoms with Gasteiger partial charge in [-0.3, -0.25) is 9.69 Å². The number of aryl methyl sites for hydroxylation is 2. The van der Waals surface area contributed by atoms with Crippen molar-refractivity contribution in [1.29, 1.82) is 0 Å². The molecule has 126 valence electrons. The van der Waals surface area contributed by atoms with Crippen molar-refractivity contribution >= 4 is 11.6 Å². The SMILES string of the molecule is Cc1cc(C)cc(NC(=O)C2CCCN(Cc3ccccc3)C2)c1. The van der Waals surface area contributed by atoms with Crippen molar-refractivity contribution < 1.29 is 4.79 Å². The van der Waals surface area contributed by atoms with Crippen molar-refractivity contribution in [2.24, 2.45) is 5.92 Å². The van der Waals surface area contributed by atoms with Gasteiger partial charge in [0.1, 0.15) is 0 Å². The molecule has 3 rings (SSSR count). The van der Waals surface area contributed by atoms with Crippen LogP contribution < -0.4 is 5.32 Å². The number of nitrogens with one attached hydrogen (secondary N) is 1. The van der Waals surface area contributed by atoms with Gasteiger partial charge < -0.3 is 5.32 Å². The zero-order valence-electron chi connectivity index (χ0n) is 14.6. The summed E-state index contributed by atoms with van der Waals surface area (Å²) in [6, 6.07) is 16.7. The predicted octanol–water partition coefficient (Wildman–Crippen LogP) is 4.15. The zero-order valence-corrected chi connectivity index (χ0v) is 14.6. The van der Waals surface area contributed by atoms with E-state index in [-0.39, 0.29) is 11.8 Å². The summed E-state index contributed by atoms with van der Waals surface area (Å²) in [6.07, 6.45) is 2.06. The van der Waals surface area contributed by atoms with E-state index in [0.29, 0.717) is 0 Å². The summed E-state index contributed by atoms with van der Waals surface area (Å²) >= 11 is 0. The molecule has 1 aliphatic heterocycles. The molecule has 1 saturated heterocycles. The Kier molecular flexibility index (Phi) is 5.31. The fourth-order valence-electron chi connectivity index (χ4n) is 3.55. The molecule has 0 aromatic heterocycles. The van der Waals surface area contributed by atoms with Gasteiger partial charge in [-0.2, -0.15) is 0 Å². The van der Waals surface area contributed by atoms with Gasteiger partial charge in [0.15, 0.2) is 0 Å². The smallest absolute Gasteiger partial charge is 0.228 e. The highest BCUT2D eigenvalue weighted by Gasteiger charge is 2.25. The van der Waals surface area contributed by atoms with Crippen molar-refractivity contribution in [3.63, 3.8) is 0 Å². The van der Waals surface area contributed by atoms with Crippen LogP contribution in [-0.4, -0.2) is 23.9 Å². The summed E-state index contributed by atoms with van der Waals surface area (Å²) in [6.45, 7) is 6.96. The number of likely N-dealkylation sites (tertiary alicyclic amines) is 1. The van der Waals surface area contributed by atoms with Crippen molar-refractivity contribution in [1.82, 2.24) is 4.90 Å². The third-order valence-corrected chi connectivity index (χ3v) is 4.61. The first kappa shape index (κ1) is 16.7. The molecule has 2 aromatic carbocycles. The lowest BCUT2D eigenvalue weighted by Gasteiger charge is -2.32. The van der Waals surface area contributed by atoms with Crippen LogP contribution in [0.4, 0.5) is 5.69 Å². The Morgan fingerprint density at radius 3 is 2.54 bits per heavy atom. The standard InChI is InChI=1S/C21H26N2O/c1-16-11-17(2)13-20(12-16)22-21(24)19-9-6-10-23(15-19)14-18-7-4-3-5-8-18/h3-5,7-8,11-13,19H,6,9-10,14-15H2,1-2H3,(H,22,24). The van der Waals surface area contributed by atoms with E-state index < -0.39 is 0 Å². The Hall–Kier alpha value is -2.13. The van der Waals surface area contributed by atoms with Crippen LogP contribution in [-0.2, 0) is 11.3 Å². The summed E-state index contributed by atoms with van der Waals surface area (Å²) in [5.74, 6) is 0.223. The fraction of sp³-hybridized carbons (Fsp3) is 0.381. The quantitative estimate of drug-likeness (QED) is 0.917. The van der Waals surface area contributed by atoms with Gasteiger partial charge in [-0.15, -0.1) is 0 Å². The van der Waals surface area contributed by atoms with Crippen LogP contribution in [0.15, 0.2) is 48.5 Å². The van der Waals surface area contributed by atoms with Gasteiger partial charge in [-0.25, -0.2) is 0 Å². The number of piperidine rings is 1. The van der Waals surface area contributed by atoms with E-state index in [9.17, 15) is 4.79 Å². The van der Waals surface area contributed by atoms with Crippen LogP contribution in [0.3, 0.4) is 0 Å². The van der Waals surface area contributed by atoms with E-state index in [0.717, 1.165) is 38.2 Å². The lowest BCUT2D eigenvalue weighted by Crippen LogP contribution is -2.40. The average Bonchev–Trinajstić information content (AvgIpc) is 2.55. The maximum absolute atomic E-state index is 12.7. The molecule has 1 aliphatic rings. The topological polar surface area (TPSA) is 32.3 Å². The molecule has 1 amide bonds. The fourth-order valence-corrected chi connectivity index (χ4v) is 3.55. The minimum Gasteiger partial charge on any atom is -0.326 e. The maximum atomic E-state index is 12.7. The minimum atomic E-state index is 0.0725. The number of rotatable bonds is 4. The molecule has 0 aliphatic carbocycles. The highest BCUT2D eigenvalue weighted by atomic mass is 16.1. The van der Waals surface area contributed by atoms with E-state index in [1.807, 2.05) is 18.2 Å². The highest BCUT2D eigenvalue weighted by molar-refractivity contribution is 5.92. The van der Waals surface area contributed by atoms with E-state index in [4.69, 9.17) is 0 Å². The molecule has 0 spiro atoms. The number of benzene rings is 2. The van der Waals surface area contributed by atoms with Crippen molar-refractivity contribution in [3.05, 3.63) is 65.2 Å². The predicted molar refractivity (Wildman–Crippen MR) is 99.0 cm³/mol. The van der Waals surface area contributed by atoms with Gasteiger partial charge in [0.05, 0.1) is 5.92 Å². The molecule has 0 saturated carbocycles. The maximum Gasteiger partial charge on any atom is 0.228 e. The summed E-state index contributed by atoms with van der Waals surface area (Å²) in [7, 11) is 0. The Morgan fingerprint density at radius 1 is 1.12 bits per heavy atom. The van der Waals surface area contributed by atoms with E-state index in [1.54, 1.807) is 0 Å². The van der Waals surface area contributed by atoms with Crippen molar-refractivity contribution in [3.8, 4) is 0 Å². The Bertz CT molecular complexity index is 676. The molecule has 3 nitrogen and oxygen atoms in total. The average molecular weight is 322 g/mol. The second-order valence-corrected chi connectivity index (χ2v) is 6.93. The third-order valence-electron chi connectivity index (χ3n) is 4.61. The van der Waals surface area contributed by atoms with Gasteiger partial charge >= 0.3 is 0 Å². The lowest BCUT2D eigenvalue weighted by atomic mass is 9.96. The molecule has 0 radical (unpaired) electrons. The normalized spacial score (nSPS) is 18.3. The van der Waals surface area contributed by atoms with Crippen LogP contribution in [0.25, 0.3) is 0 Å². The Balaban J connectivity index is 1.60. The van der Waals surface area contributed by atoms with Crippen molar-refractivity contribution in [2.45, 2.75) is 33.2 Å². The number of amides is 1. The monoisotopic (exact) mass is 322 g/mol. The van der Waals surface area contributed by atoms with Crippen molar-refractivity contribution in [2.75, 3.05) is 18.4 Å². The molecule has 1 unspecified atom stereocenters. The number of carbonyl (C=O) groups excluding carboxylic acids is 1. The van der Waals surface area contributed by atoms with Crippen LogP contribution in [0.2, 0.25) is 0 Å². The van der Waals surface area contributed by atoms with Crippen LogP contribution in [0.1, 0.15) is 29.5 Å². The molecule has 0 bridgehead atoms. The molecule has 1 N–H and O–H groups in total. The number of nitrogens with zero attached hydrogens (tertiary/aromatic N) is 1. The number of anilines is 1.